The number of aliphatic carboxylic acids is 2. The summed E-state index contributed by atoms with van der Waals surface area (Å²) >= 11 is 0. The van der Waals surface area contributed by atoms with Crippen molar-refractivity contribution >= 4 is 47.3 Å². The molecule has 19 nitrogen and oxygen atoms in total. The van der Waals surface area contributed by atoms with Crippen LogP contribution >= 0.6 is 0 Å². The minimum atomic E-state index is -1.62. The maximum Gasteiger partial charge on any atom is 0.333 e. The first-order valence-corrected chi connectivity index (χ1v) is 14.0. The number of likely N-dealkylation sites (N-methyl/N-ethyl adjacent to an activating group) is 1. The van der Waals surface area contributed by atoms with Crippen LogP contribution in [0.15, 0.2) is 29.1 Å². The Balaban J connectivity index is 0.000000521. The molecule has 2 aromatic rings. The van der Waals surface area contributed by atoms with E-state index in [0.717, 1.165) is 0 Å². The summed E-state index contributed by atoms with van der Waals surface area (Å²) in [4.78, 5) is 66.1. The molecule has 1 aromatic heterocycles. The van der Waals surface area contributed by atoms with Crippen LogP contribution in [0.2, 0.25) is 0 Å². The average Bonchev–Trinajstić information content (AvgIpc) is 3.02. The zero-order valence-corrected chi connectivity index (χ0v) is 25.1. The van der Waals surface area contributed by atoms with E-state index in [0.29, 0.717) is 18.5 Å². The topological polar surface area (TPSA) is 327 Å². The standard InChI is InChI=1S/C21H27N7O6.C6H13NO5/c1-3-4-13(18(31)32)25-16(29)11-5-7-12(8-6-11)23-9-21(19(33)34)10-24-15-14(28(21)2)17(30)27-20(22)26-15;7-3(1-8)5(11)6(12)4(10)2-9/h5-8,13,23H,3-4,9-10H2,1-2H3,(H,25,29)(H,31,32)(H,33,34)(H4,22,24,26,27,30);1,3-6,9-12H,2,7H2/t;3-,4+,5+,6+/m.0/s1. The van der Waals surface area contributed by atoms with Gasteiger partial charge in [0.05, 0.1) is 25.7 Å². The van der Waals surface area contributed by atoms with Gasteiger partial charge in [-0.2, -0.15) is 4.98 Å². The molecule has 0 spiro atoms. The molecule has 0 saturated heterocycles. The number of amides is 1. The van der Waals surface area contributed by atoms with Crippen LogP contribution in [0.4, 0.5) is 23.1 Å². The second-order valence-corrected chi connectivity index (χ2v) is 10.4. The van der Waals surface area contributed by atoms with Gasteiger partial charge in [0.1, 0.15) is 36.3 Å². The number of hydrogen-bond donors (Lipinski definition) is 12. The van der Waals surface area contributed by atoms with Gasteiger partial charge in [0.25, 0.3) is 11.5 Å². The number of nitrogens with zero attached hydrogens (tertiary/aromatic N) is 2. The Bertz CT molecular complexity index is 1420. The minimum absolute atomic E-state index is 0.0524. The number of aliphatic hydroxyl groups is 4. The number of carboxylic acids is 2. The fraction of sp³-hybridized carbons (Fsp3) is 0.481. The molecule has 1 amide bonds. The van der Waals surface area contributed by atoms with Gasteiger partial charge in [-0.15, -0.1) is 0 Å². The molecule has 2 heterocycles. The normalized spacial score (nSPS) is 18.6. The van der Waals surface area contributed by atoms with Crippen molar-refractivity contribution in [1.29, 1.82) is 0 Å². The van der Waals surface area contributed by atoms with Crippen LogP contribution in [0.5, 0.6) is 0 Å². The molecule has 6 atom stereocenters. The van der Waals surface area contributed by atoms with Gasteiger partial charge >= 0.3 is 11.9 Å². The average molecular weight is 653 g/mol. The summed E-state index contributed by atoms with van der Waals surface area (Å²) in [6.45, 7) is 0.984. The summed E-state index contributed by atoms with van der Waals surface area (Å²) in [6, 6.07) is 3.94. The molecule has 2 unspecified atom stereocenters. The summed E-state index contributed by atoms with van der Waals surface area (Å²) in [5.74, 6) is -2.68. The van der Waals surface area contributed by atoms with Crippen LogP contribution in [0, 0.1) is 0 Å². The van der Waals surface area contributed by atoms with Crippen molar-refractivity contribution in [3.8, 4) is 0 Å². The number of fused-ring (bicyclic) bond motifs is 1. The fourth-order valence-electron chi connectivity index (χ4n) is 4.38. The van der Waals surface area contributed by atoms with Gasteiger partial charge in [-0.3, -0.25) is 14.6 Å². The van der Waals surface area contributed by atoms with E-state index in [-0.39, 0.29) is 42.4 Å². The number of nitrogens with one attached hydrogen (secondary N) is 4. The van der Waals surface area contributed by atoms with Gasteiger partial charge in [0.2, 0.25) is 5.95 Å². The first-order valence-electron chi connectivity index (χ1n) is 14.0. The lowest BCUT2D eigenvalue weighted by atomic mass is 9.94. The number of aldehydes is 1. The molecule has 19 heteroatoms. The molecule has 0 saturated carbocycles. The van der Waals surface area contributed by atoms with Gasteiger partial charge in [-0.05, 0) is 30.7 Å². The van der Waals surface area contributed by atoms with Crippen LogP contribution < -0.4 is 37.9 Å². The summed E-state index contributed by atoms with van der Waals surface area (Å²) in [7, 11) is 1.49. The van der Waals surface area contributed by atoms with E-state index in [2.05, 4.69) is 25.9 Å². The quantitative estimate of drug-likeness (QED) is 0.0890. The van der Waals surface area contributed by atoms with Crippen LogP contribution in [0.25, 0.3) is 0 Å². The number of aliphatic hydroxyl groups excluding tert-OH is 4. The number of nitrogen functional groups attached to an aromatic ring is 1. The Kier molecular flexibility index (Phi) is 13.4. The number of carbonyl (C=O) groups is 4. The largest absolute Gasteiger partial charge is 0.480 e. The number of hydrogen-bond acceptors (Lipinski definition) is 15. The number of aromatic amines is 1. The molecule has 0 fully saturated rings. The molecule has 0 aliphatic carbocycles. The molecule has 1 aliphatic heterocycles. The maximum atomic E-state index is 12.4. The van der Waals surface area contributed by atoms with Crippen molar-refractivity contribution in [2.24, 2.45) is 5.73 Å². The molecular weight excluding hydrogens is 612 g/mol. The predicted octanol–water partition coefficient (Wildman–Crippen LogP) is -3.28. The Labute approximate surface area is 262 Å². The highest BCUT2D eigenvalue weighted by Crippen LogP contribution is 2.31. The molecule has 46 heavy (non-hydrogen) atoms. The van der Waals surface area contributed by atoms with Crippen LogP contribution in [0.3, 0.4) is 0 Å². The molecule has 0 radical (unpaired) electrons. The molecule has 1 aliphatic rings. The van der Waals surface area contributed by atoms with Gasteiger partial charge in [0, 0.05) is 18.3 Å². The SMILES string of the molecule is CCCC(NC(=O)c1ccc(NCC2(C(=O)O)CNc3nc(N)[nH]c(=O)c3N2C)cc1)C(=O)O.N[C@@H](C=O)[C@@H](O)[C@H](O)[C@H](O)CO. The van der Waals surface area contributed by atoms with E-state index >= 15 is 0 Å². The summed E-state index contributed by atoms with van der Waals surface area (Å²) < 4.78 is 0. The van der Waals surface area contributed by atoms with E-state index < -0.39 is 65.9 Å². The summed E-state index contributed by atoms with van der Waals surface area (Å²) in [5.41, 5.74) is 9.36. The Morgan fingerprint density at radius 3 is 2.30 bits per heavy atom. The van der Waals surface area contributed by atoms with Gasteiger partial charge < -0.3 is 67.8 Å². The van der Waals surface area contributed by atoms with E-state index in [1.807, 2.05) is 6.92 Å². The van der Waals surface area contributed by atoms with Crippen LogP contribution in [-0.4, -0.2) is 127 Å². The lowest BCUT2D eigenvalue weighted by Gasteiger charge is -2.43. The van der Waals surface area contributed by atoms with Crippen molar-refractivity contribution in [2.75, 3.05) is 48.0 Å². The van der Waals surface area contributed by atoms with Crippen molar-refractivity contribution in [3.05, 3.63) is 40.2 Å². The molecule has 14 N–H and O–H groups in total. The number of H-pyrrole nitrogens is 1. The summed E-state index contributed by atoms with van der Waals surface area (Å²) in [5, 5.41) is 62.8. The van der Waals surface area contributed by atoms with E-state index in [1.54, 1.807) is 12.1 Å². The zero-order valence-electron chi connectivity index (χ0n) is 25.1. The molecule has 3 rings (SSSR count). The highest BCUT2D eigenvalue weighted by atomic mass is 16.4. The second-order valence-electron chi connectivity index (χ2n) is 10.4. The van der Waals surface area contributed by atoms with Crippen molar-refractivity contribution in [3.63, 3.8) is 0 Å². The van der Waals surface area contributed by atoms with Gasteiger partial charge in [-0.1, -0.05) is 13.3 Å². The van der Waals surface area contributed by atoms with Crippen molar-refractivity contribution in [2.45, 2.75) is 55.7 Å². The van der Waals surface area contributed by atoms with Gasteiger partial charge in [-0.25, -0.2) is 9.59 Å². The van der Waals surface area contributed by atoms with Crippen molar-refractivity contribution < 1.29 is 49.8 Å². The minimum Gasteiger partial charge on any atom is -0.480 e. The molecule has 254 valence electrons. The fourth-order valence-corrected chi connectivity index (χ4v) is 4.38. The number of rotatable bonds is 14. The Morgan fingerprint density at radius 2 is 1.78 bits per heavy atom. The smallest absolute Gasteiger partial charge is 0.333 e. The van der Waals surface area contributed by atoms with E-state index in [9.17, 15) is 34.2 Å². The number of benzene rings is 1. The third-order valence-electron chi connectivity index (χ3n) is 7.23. The van der Waals surface area contributed by atoms with Crippen LogP contribution in [0.1, 0.15) is 30.1 Å². The molecule has 0 bridgehead atoms. The number of aromatic nitrogens is 2. The van der Waals surface area contributed by atoms with E-state index in [4.69, 9.17) is 31.9 Å². The van der Waals surface area contributed by atoms with Crippen LogP contribution in [-0.2, 0) is 14.4 Å². The predicted molar refractivity (Wildman–Crippen MR) is 164 cm³/mol. The third-order valence-corrected chi connectivity index (χ3v) is 7.23. The lowest BCUT2D eigenvalue weighted by molar-refractivity contribution is -0.142. The lowest BCUT2D eigenvalue weighted by Crippen LogP contribution is -2.65. The first-order chi connectivity index (χ1) is 21.6. The Hall–Kier alpha value is -4.82. The third kappa shape index (κ3) is 8.88. The van der Waals surface area contributed by atoms with E-state index in [1.165, 1.54) is 24.1 Å². The number of carboxylic acid groups (broad SMARTS) is 2. The number of nitrogens with two attached hydrogens (primary N) is 2. The maximum absolute atomic E-state index is 12.4. The molecule has 1 aromatic carbocycles. The monoisotopic (exact) mass is 652 g/mol. The Morgan fingerprint density at radius 1 is 1.15 bits per heavy atom. The first kappa shape index (κ1) is 37.4. The van der Waals surface area contributed by atoms with Gasteiger partial charge in [0.15, 0.2) is 11.4 Å². The highest BCUT2D eigenvalue weighted by molar-refractivity contribution is 5.97. The number of anilines is 4. The summed E-state index contributed by atoms with van der Waals surface area (Å²) in [6.07, 6.45) is -3.51. The molecular formula is C27H40N8O11. The van der Waals surface area contributed by atoms with Crippen molar-refractivity contribution in [1.82, 2.24) is 15.3 Å². The highest BCUT2D eigenvalue weighted by Gasteiger charge is 2.47. The zero-order chi connectivity index (χ0) is 34.8. The number of carbonyl (C=O) groups excluding carboxylic acids is 2. The second kappa shape index (κ2) is 16.5.